The number of aliphatic hydroxyl groups is 3. The molecule has 13 atom stereocenters. The molecular formula is C29H38O10. The van der Waals surface area contributed by atoms with Crippen molar-refractivity contribution < 1.29 is 48.7 Å². The zero-order valence-corrected chi connectivity index (χ0v) is 22.4. The maximum Gasteiger partial charge on any atom is 0.331 e. The summed E-state index contributed by atoms with van der Waals surface area (Å²) < 4.78 is 23.1. The van der Waals surface area contributed by atoms with Crippen LogP contribution in [0.1, 0.15) is 65.2 Å². The van der Waals surface area contributed by atoms with E-state index in [2.05, 4.69) is 0 Å². The van der Waals surface area contributed by atoms with Gasteiger partial charge in [0, 0.05) is 35.7 Å². The number of cyclic esters (lactones) is 1. The summed E-state index contributed by atoms with van der Waals surface area (Å²) in [6.07, 6.45) is 2.72. The van der Waals surface area contributed by atoms with Gasteiger partial charge in [0.05, 0.1) is 30.0 Å². The van der Waals surface area contributed by atoms with Gasteiger partial charge in [0.15, 0.2) is 5.78 Å². The molecule has 0 aromatic carbocycles. The first-order chi connectivity index (χ1) is 18.4. The third-order valence-corrected chi connectivity index (χ3v) is 11.9. The maximum absolute atomic E-state index is 13.1. The minimum Gasteiger partial charge on any atom is -0.458 e. The number of carbonyl (C=O) groups is 3. The van der Waals surface area contributed by atoms with Gasteiger partial charge in [0.2, 0.25) is 6.29 Å². The lowest BCUT2D eigenvalue weighted by Crippen LogP contribution is -2.70. The van der Waals surface area contributed by atoms with E-state index in [0.29, 0.717) is 32.1 Å². The van der Waals surface area contributed by atoms with Crippen molar-refractivity contribution in [2.24, 2.45) is 34.5 Å². The Bertz CT molecular complexity index is 1140. The van der Waals surface area contributed by atoms with E-state index in [-0.39, 0.29) is 49.7 Å². The summed E-state index contributed by atoms with van der Waals surface area (Å²) in [5.41, 5.74) is -1.97. The van der Waals surface area contributed by atoms with Crippen LogP contribution in [0.2, 0.25) is 0 Å². The van der Waals surface area contributed by atoms with Crippen molar-refractivity contribution in [1.29, 1.82) is 0 Å². The van der Waals surface area contributed by atoms with E-state index < -0.39 is 64.5 Å². The average molecular weight is 547 g/mol. The van der Waals surface area contributed by atoms with Crippen molar-refractivity contribution in [3.05, 3.63) is 11.6 Å². The van der Waals surface area contributed by atoms with Gasteiger partial charge in [-0.25, -0.2) is 4.79 Å². The Labute approximate surface area is 227 Å². The second-order valence-electron chi connectivity index (χ2n) is 13.5. The van der Waals surface area contributed by atoms with Crippen molar-refractivity contribution in [1.82, 2.24) is 0 Å². The lowest BCUT2D eigenvalue weighted by atomic mass is 9.42. The minimum absolute atomic E-state index is 0.00245. The lowest BCUT2D eigenvalue weighted by molar-refractivity contribution is -0.413. The lowest BCUT2D eigenvalue weighted by Gasteiger charge is -2.64. The van der Waals surface area contributed by atoms with Gasteiger partial charge >= 0.3 is 5.97 Å². The summed E-state index contributed by atoms with van der Waals surface area (Å²) in [6.45, 7) is 3.90. The molecule has 2 saturated heterocycles. The molecule has 0 aromatic rings. The number of hydrogen-bond donors (Lipinski definition) is 3. The van der Waals surface area contributed by atoms with Crippen LogP contribution in [0.15, 0.2) is 11.6 Å². The zero-order chi connectivity index (χ0) is 27.5. The summed E-state index contributed by atoms with van der Waals surface area (Å²) >= 11 is 0. The van der Waals surface area contributed by atoms with Gasteiger partial charge in [0.25, 0.3) is 5.79 Å². The fourth-order valence-electron chi connectivity index (χ4n) is 10.1. The van der Waals surface area contributed by atoms with Gasteiger partial charge in [-0.15, -0.1) is 0 Å². The van der Waals surface area contributed by atoms with Crippen molar-refractivity contribution in [3.63, 3.8) is 0 Å². The van der Waals surface area contributed by atoms with Crippen LogP contribution in [0, 0.1) is 34.5 Å². The molecule has 3 N–H and O–H groups in total. The predicted octanol–water partition coefficient (Wildman–Crippen LogP) is 1.18. The second-order valence-corrected chi connectivity index (χ2v) is 13.5. The van der Waals surface area contributed by atoms with Crippen LogP contribution in [-0.2, 0) is 33.3 Å². The summed E-state index contributed by atoms with van der Waals surface area (Å²) in [6, 6.07) is 0. The Kier molecular flexibility index (Phi) is 5.66. The van der Waals surface area contributed by atoms with Crippen molar-refractivity contribution in [2.75, 3.05) is 6.61 Å². The third-order valence-electron chi connectivity index (χ3n) is 11.9. The van der Waals surface area contributed by atoms with E-state index >= 15 is 0 Å². The number of ether oxygens (including phenoxy) is 4. The molecule has 7 rings (SSSR count). The normalized spacial score (nSPS) is 56.3. The monoisotopic (exact) mass is 546 g/mol. The molecule has 7 aliphatic rings. The number of hydrogen-bond acceptors (Lipinski definition) is 10. The Morgan fingerprint density at radius 3 is 2.56 bits per heavy atom. The molecule has 0 radical (unpaired) electrons. The zero-order valence-electron chi connectivity index (χ0n) is 22.4. The van der Waals surface area contributed by atoms with Crippen molar-refractivity contribution in [2.45, 2.75) is 107 Å². The highest BCUT2D eigenvalue weighted by atomic mass is 16.8. The fourth-order valence-corrected chi connectivity index (χ4v) is 10.1. The largest absolute Gasteiger partial charge is 0.458 e. The van der Waals surface area contributed by atoms with Gasteiger partial charge in [-0.05, 0) is 68.8 Å². The van der Waals surface area contributed by atoms with Gasteiger partial charge < -0.3 is 39.1 Å². The molecule has 0 aromatic heterocycles. The van der Waals surface area contributed by atoms with E-state index in [0.717, 1.165) is 11.9 Å². The van der Waals surface area contributed by atoms with E-state index in [9.17, 15) is 29.7 Å². The Morgan fingerprint density at radius 2 is 1.85 bits per heavy atom. The molecule has 214 valence electrons. The van der Waals surface area contributed by atoms with E-state index in [1.54, 1.807) is 6.92 Å². The number of fused-ring (bicyclic) bond motifs is 7. The Balaban J connectivity index is 1.20. The first kappa shape index (κ1) is 26.2. The number of aldehydes is 1. The molecule has 3 aliphatic heterocycles. The van der Waals surface area contributed by atoms with Gasteiger partial charge in [-0.3, -0.25) is 4.79 Å². The molecule has 10 nitrogen and oxygen atoms in total. The summed E-state index contributed by atoms with van der Waals surface area (Å²) in [5, 5.41) is 34.8. The van der Waals surface area contributed by atoms with Crippen LogP contribution in [0.3, 0.4) is 0 Å². The summed E-state index contributed by atoms with van der Waals surface area (Å²) in [7, 11) is 0. The van der Waals surface area contributed by atoms with Crippen LogP contribution in [0.25, 0.3) is 0 Å². The Morgan fingerprint density at radius 1 is 1.05 bits per heavy atom. The van der Waals surface area contributed by atoms with Crippen LogP contribution in [-0.4, -0.2) is 82.1 Å². The smallest absolute Gasteiger partial charge is 0.331 e. The van der Waals surface area contributed by atoms with Crippen LogP contribution < -0.4 is 0 Å². The highest BCUT2D eigenvalue weighted by molar-refractivity contribution is 5.87. The summed E-state index contributed by atoms with van der Waals surface area (Å²) in [5.74, 6) is -3.86. The SMILES string of the molecule is CC1CC(=O)C2(O)OC3CC4(C=O)C(CCC5C4CCC4(C)C(C6=CC(=O)OC6)C(O)CC54O)CC3OC2O1. The van der Waals surface area contributed by atoms with Crippen LogP contribution >= 0.6 is 0 Å². The van der Waals surface area contributed by atoms with Gasteiger partial charge in [-0.1, -0.05) is 6.92 Å². The van der Waals surface area contributed by atoms with Gasteiger partial charge in [0.1, 0.15) is 12.9 Å². The number of ketones is 1. The highest BCUT2D eigenvalue weighted by Crippen LogP contribution is 2.70. The maximum atomic E-state index is 13.1. The number of Topliss-reactive ketones (excluding diaryl/α,β-unsaturated/α-hetero) is 1. The number of rotatable bonds is 2. The van der Waals surface area contributed by atoms with Crippen LogP contribution in [0.4, 0.5) is 0 Å². The molecule has 10 heteroatoms. The Hall–Kier alpha value is -1.69. The fraction of sp³-hybridized carbons (Fsp3) is 0.828. The molecule has 0 spiro atoms. The molecule has 0 bridgehead atoms. The topological polar surface area (TPSA) is 149 Å². The molecule has 4 aliphatic carbocycles. The first-order valence-corrected chi connectivity index (χ1v) is 14.4. The first-order valence-electron chi connectivity index (χ1n) is 14.4. The second kappa shape index (κ2) is 8.42. The van der Waals surface area contributed by atoms with E-state index in [4.69, 9.17) is 18.9 Å². The minimum atomic E-state index is -2.20. The number of esters is 1. The third kappa shape index (κ3) is 3.33. The van der Waals surface area contributed by atoms with Crippen LogP contribution in [0.5, 0.6) is 0 Å². The highest BCUT2D eigenvalue weighted by Gasteiger charge is 2.72. The molecular weight excluding hydrogens is 508 g/mol. The molecule has 4 saturated carbocycles. The molecule has 3 heterocycles. The van der Waals surface area contributed by atoms with Crippen molar-refractivity contribution >= 4 is 18.0 Å². The average Bonchev–Trinajstić information content (AvgIpc) is 3.38. The van der Waals surface area contributed by atoms with Crippen molar-refractivity contribution in [3.8, 4) is 0 Å². The van der Waals surface area contributed by atoms with E-state index in [1.165, 1.54) is 6.08 Å². The van der Waals surface area contributed by atoms with E-state index in [1.807, 2.05) is 6.92 Å². The van der Waals surface area contributed by atoms with Gasteiger partial charge in [-0.2, -0.15) is 0 Å². The quantitative estimate of drug-likeness (QED) is 0.262. The number of carbonyl (C=O) groups excluding carboxylic acids is 3. The number of aliphatic hydroxyl groups excluding tert-OH is 1. The summed E-state index contributed by atoms with van der Waals surface area (Å²) in [4.78, 5) is 37.8. The predicted molar refractivity (Wildman–Crippen MR) is 132 cm³/mol. The molecule has 39 heavy (non-hydrogen) atoms. The molecule has 6 fully saturated rings. The molecule has 0 amide bonds. The standard InChI is InChI=1S/C29H38O10/c1-14-7-22(32)29(35)25(37-14)38-20-9-16-3-4-18-17(27(16,13-30)11-21(20)39-29)5-6-26(2)24(15-8-23(33)36-12-15)19(31)10-28(18,26)34/h8,13-14,16-21,24-25,31,34-35H,3-7,9-12H2,1-2H3. The molecule has 13 unspecified atom stereocenters.